The summed E-state index contributed by atoms with van der Waals surface area (Å²) in [5.74, 6) is 0.00204. The number of amides is 1. The number of hydrogen-bond donors (Lipinski definition) is 1. The lowest BCUT2D eigenvalue weighted by Crippen LogP contribution is -2.44. The molecule has 0 bridgehead atoms. The number of aryl methyl sites for hydroxylation is 1. The molecule has 0 saturated carbocycles. The molecule has 2 aromatic carbocycles. The highest BCUT2D eigenvalue weighted by atomic mass is 35.5. The number of rotatable bonds is 4. The van der Waals surface area contributed by atoms with Crippen LogP contribution in [-0.2, 0) is 19.4 Å². The minimum atomic E-state index is -0.548. The zero-order valence-corrected chi connectivity index (χ0v) is 16.2. The average molecular weight is 385 g/mol. The first kappa shape index (κ1) is 18.5. The van der Waals surface area contributed by atoms with Gasteiger partial charge in [0.25, 0.3) is 5.91 Å². The highest BCUT2D eigenvalue weighted by Gasteiger charge is 2.26. The predicted molar refractivity (Wildman–Crippen MR) is 107 cm³/mol. The van der Waals surface area contributed by atoms with Crippen molar-refractivity contribution in [1.82, 2.24) is 9.80 Å². The lowest BCUT2D eigenvalue weighted by Gasteiger charge is -2.32. The first-order valence-corrected chi connectivity index (χ1v) is 10.0. The fourth-order valence-electron chi connectivity index (χ4n) is 4.20. The highest BCUT2D eigenvalue weighted by molar-refractivity contribution is 6.30. The van der Waals surface area contributed by atoms with Gasteiger partial charge in [0.15, 0.2) is 0 Å². The minimum absolute atomic E-state index is 0.00204. The van der Waals surface area contributed by atoms with E-state index in [1.807, 2.05) is 12.1 Å². The first-order chi connectivity index (χ1) is 13.1. The van der Waals surface area contributed by atoms with Crippen molar-refractivity contribution in [2.75, 3.05) is 26.2 Å². The first-order valence-electron chi connectivity index (χ1n) is 9.65. The topological polar surface area (TPSA) is 43.8 Å². The lowest BCUT2D eigenvalue weighted by atomic mass is 10.00. The summed E-state index contributed by atoms with van der Waals surface area (Å²) in [5, 5.41) is 11.3. The number of benzene rings is 2. The molecular weight excluding hydrogens is 360 g/mol. The second kappa shape index (κ2) is 8.01. The third-order valence-corrected chi connectivity index (χ3v) is 5.80. The van der Waals surface area contributed by atoms with Gasteiger partial charge in [0.2, 0.25) is 0 Å². The Balaban J connectivity index is 1.39. The smallest absolute Gasteiger partial charge is 0.254 e. The molecule has 2 heterocycles. The van der Waals surface area contributed by atoms with Crippen LogP contribution in [0.1, 0.15) is 33.5 Å². The maximum absolute atomic E-state index is 12.9. The molecule has 142 valence electrons. The van der Waals surface area contributed by atoms with Gasteiger partial charge in [-0.25, -0.2) is 0 Å². The molecule has 2 aromatic rings. The number of aliphatic hydroxyl groups is 1. The molecule has 1 atom stereocenters. The van der Waals surface area contributed by atoms with Crippen LogP contribution >= 0.6 is 11.6 Å². The normalized spacial score (nSPS) is 18.6. The van der Waals surface area contributed by atoms with Crippen LogP contribution in [0.2, 0.25) is 5.02 Å². The Morgan fingerprint density at radius 3 is 2.67 bits per heavy atom. The highest BCUT2D eigenvalue weighted by Crippen LogP contribution is 2.23. The Morgan fingerprint density at radius 2 is 1.81 bits per heavy atom. The summed E-state index contributed by atoms with van der Waals surface area (Å²) >= 11 is 6.07. The second-order valence-corrected chi connectivity index (χ2v) is 8.00. The number of β-amino-alcohol motifs (C(OH)–C–C–N with tert-alkyl or cyclic N) is 1. The Kier molecular flexibility index (Phi) is 5.48. The monoisotopic (exact) mass is 384 g/mol. The van der Waals surface area contributed by atoms with Crippen LogP contribution < -0.4 is 0 Å². The quantitative estimate of drug-likeness (QED) is 0.880. The van der Waals surface area contributed by atoms with Crippen LogP contribution in [0.3, 0.4) is 0 Å². The summed E-state index contributed by atoms with van der Waals surface area (Å²) in [4.78, 5) is 17.0. The van der Waals surface area contributed by atoms with Gasteiger partial charge in [0, 0.05) is 43.3 Å². The minimum Gasteiger partial charge on any atom is -0.390 e. The Hall–Kier alpha value is -1.88. The second-order valence-electron chi connectivity index (χ2n) is 7.56. The fraction of sp³-hybridized carbons (Fsp3) is 0.409. The van der Waals surface area contributed by atoms with Gasteiger partial charge in [0.05, 0.1) is 6.10 Å². The van der Waals surface area contributed by atoms with Crippen molar-refractivity contribution < 1.29 is 9.90 Å². The van der Waals surface area contributed by atoms with Gasteiger partial charge < -0.3 is 10.0 Å². The van der Waals surface area contributed by atoms with Crippen molar-refractivity contribution in [3.8, 4) is 0 Å². The van der Waals surface area contributed by atoms with E-state index in [4.69, 9.17) is 11.6 Å². The molecular formula is C22H25ClN2O2. The van der Waals surface area contributed by atoms with Gasteiger partial charge in [-0.3, -0.25) is 9.69 Å². The van der Waals surface area contributed by atoms with Crippen LogP contribution in [0.4, 0.5) is 0 Å². The molecule has 1 N–H and O–H groups in total. The van der Waals surface area contributed by atoms with Crippen molar-refractivity contribution in [3.63, 3.8) is 0 Å². The van der Waals surface area contributed by atoms with E-state index in [1.54, 1.807) is 11.0 Å². The third kappa shape index (κ3) is 4.18. The molecule has 0 spiro atoms. The van der Waals surface area contributed by atoms with E-state index in [2.05, 4.69) is 29.2 Å². The van der Waals surface area contributed by atoms with E-state index >= 15 is 0 Å². The Labute approximate surface area is 165 Å². The van der Waals surface area contributed by atoms with Crippen molar-refractivity contribution in [2.45, 2.75) is 31.9 Å². The molecule has 27 heavy (non-hydrogen) atoms. The number of hydrogen-bond acceptors (Lipinski definition) is 3. The van der Waals surface area contributed by atoms with Gasteiger partial charge >= 0.3 is 0 Å². The third-order valence-electron chi connectivity index (χ3n) is 5.57. The zero-order chi connectivity index (χ0) is 18.8. The van der Waals surface area contributed by atoms with Crippen molar-refractivity contribution in [1.29, 1.82) is 0 Å². The molecule has 1 unspecified atom stereocenters. The van der Waals surface area contributed by atoms with E-state index in [-0.39, 0.29) is 5.91 Å². The number of nitrogens with zero attached hydrogens (tertiary/aromatic N) is 2. The van der Waals surface area contributed by atoms with Gasteiger partial charge in [-0.05, 0) is 54.2 Å². The molecule has 1 amide bonds. The molecule has 0 aromatic heterocycles. The number of carbonyl (C=O) groups excluding carboxylic acids is 1. The molecule has 5 heteroatoms. The standard InChI is InChI=1S/C22H25ClN2O2/c23-19-7-8-21-17(12-19)6-3-10-25(22(21)27)15-20(26)14-24-11-9-16-4-1-2-5-18(16)13-24/h1-2,4-5,7-8,12,20,26H,3,6,9-11,13-15H2. The summed E-state index contributed by atoms with van der Waals surface area (Å²) in [5.41, 5.74) is 4.47. The number of aliphatic hydroxyl groups excluding tert-OH is 1. The van der Waals surface area contributed by atoms with Crippen molar-refractivity contribution >= 4 is 17.5 Å². The van der Waals surface area contributed by atoms with Gasteiger partial charge in [-0.1, -0.05) is 35.9 Å². The maximum Gasteiger partial charge on any atom is 0.254 e. The van der Waals surface area contributed by atoms with Crippen LogP contribution in [0.5, 0.6) is 0 Å². The van der Waals surface area contributed by atoms with E-state index in [1.165, 1.54) is 11.1 Å². The summed E-state index contributed by atoms with van der Waals surface area (Å²) < 4.78 is 0. The number of carbonyl (C=O) groups is 1. The Bertz CT molecular complexity index is 839. The Morgan fingerprint density at radius 1 is 1.00 bits per heavy atom. The summed E-state index contributed by atoms with van der Waals surface area (Å²) in [6.07, 6.45) is 2.20. The largest absolute Gasteiger partial charge is 0.390 e. The molecule has 4 rings (SSSR count). The molecule has 4 nitrogen and oxygen atoms in total. The summed E-state index contributed by atoms with van der Waals surface area (Å²) in [6, 6.07) is 14.0. The van der Waals surface area contributed by atoms with Crippen LogP contribution in [0, 0.1) is 0 Å². The number of halogens is 1. The SMILES string of the molecule is O=C1c2ccc(Cl)cc2CCCN1CC(O)CN1CCc2ccccc2C1. The summed E-state index contributed by atoms with van der Waals surface area (Å²) in [7, 11) is 0. The molecule has 0 radical (unpaired) electrons. The predicted octanol–water partition coefficient (Wildman–Crippen LogP) is 3.15. The van der Waals surface area contributed by atoms with Crippen molar-refractivity contribution in [2.24, 2.45) is 0 Å². The fourth-order valence-corrected chi connectivity index (χ4v) is 4.40. The van der Waals surface area contributed by atoms with E-state index in [9.17, 15) is 9.90 Å². The van der Waals surface area contributed by atoms with Gasteiger partial charge in [0.1, 0.15) is 0 Å². The zero-order valence-electron chi connectivity index (χ0n) is 15.4. The van der Waals surface area contributed by atoms with E-state index in [0.717, 1.165) is 43.5 Å². The van der Waals surface area contributed by atoms with Crippen LogP contribution in [-0.4, -0.2) is 53.1 Å². The number of fused-ring (bicyclic) bond motifs is 2. The van der Waals surface area contributed by atoms with Gasteiger partial charge in [-0.15, -0.1) is 0 Å². The van der Waals surface area contributed by atoms with Crippen LogP contribution in [0.25, 0.3) is 0 Å². The van der Waals surface area contributed by atoms with Crippen molar-refractivity contribution in [3.05, 3.63) is 69.7 Å². The maximum atomic E-state index is 12.9. The molecule has 2 aliphatic rings. The van der Waals surface area contributed by atoms with E-state index in [0.29, 0.717) is 24.7 Å². The van der Waals surface area contributed by atoms with Gasteiger partial charge in [-0.2, -0.15) is 0 Å². The van der Waals surface area contributed by atoms with E-state index < -0.39 is 6.10 Å². The summed E-state index contributed by atoms with van der Waals surface area (Å²) in [6.45, 7) is 3.45. The lowest BCUT2D eigenvalue weighted by molar-refractivity contribution is 0.0513. The van der Waals surface area contributed by atoms with Crippen LogP contribution in [0.15, 0.2) is 42.5 Å². The molecule has 2 aliphatic heterocycles. The molecule has 0 saturated heterocycles. The molecule has 0 aliphatic carbocycles. The molecule has 0 fully saturated rings. The average Bonchev–Trinajstić information content (AvgIpc) is 2.80.